The van der Waals surface area contributed by atoms with Gasteiger partial charge in [0.2, 0.25) is 11.8 Å². The molecule has 2 amide bonds. The normalized spacial score (nSPS) is 44.1. The van der Waals surface area contributed by atoms with Gasteiger partial charge in [0, 0.05) is 13.8 Å². The number of nitrogens with one attached hydrogen (secondary N) is 2. The van der Waals surface area contributed by atoms with Gasteiger partial charge >= 0.3 is 0 Å². The standard InChI is InChI=1S/C34H60N2O25/c1-9-18(45)22(49)25(52)32(54-9)61-30-23(50)20(47)14(6-39)55-34(30)60-28-15(7-40)56-31(17(21(28)48)36-11(3)43)59-29-16(8-41)57-33(26(53)24(29)51)58-27(19(46)13(44)5-38)12(4-37)35-10(2)42/h9,12-34,37-41,44-53H,4-8H2,1-3H3,(H,35,42)(H,36,43)/t9-,12-,13+,14+,15+,16+,17+,18+,19-,20-,21+,22+,23-,24+,25-,26+,27+,28+,29-,30+,31-,32-,33-,34-/m0/s1. The molecule has 27 heteroatoms. The van der Waals surface area contributed by atoms with Crippen molar-refractivity contribution < 1.29 is 124 Å². The Balaban J connectivity index is 1.58. The minimum atomic E-state index is -2.15. The summed E-state index contributed by atoms with van der Waals surface area (Å²) in [6.45, 7) is -1.40. The van der Waals surface area contributed by atoms with Crippen LogP contribution in [0.1, 0.15) is 20.8 Å². The Kier molecular flexibility index (Phi) is 19.3. The molecule has 0 spiro atoms. The number of carbonyl (C=O) groups is 2. The molecule has 27 nitrogen and oxygen atoms in total. The Morgan fingerprint density at radius 2 is 1.07 bits per heavy atom. The van der Waals surface area contributed by atoms with Crippen molar-refractivity contribution in [3.8, 4) is 0 Å². The molecule has 0 unspecified atom stereocenters. The lowest BCUT2D eigenvalue weighted by molar-refractivity contribution is -0.388. The van der Waals surface area contributed by atoms with Gasteiger partial charge in [-0.3, -0.25) is 9.59 Å². The third-order valence-electron chi connectivity index (χ3n) is 10.7. The van der Waals surface area contributed by atoms with Gasteiger partial charge < -0.3 is 125 Å². The maximum absolute atomic E-state index is 12.4. The van der Waals surface area contributed by atoms with Gasteiger partial charge in [-0.05, 0) is 6.92 Å². The van der Waals surface area contributed by atoms with Crippen molar-refractivity contribution >= 4 is 11.8 Å². The minimum absolute atomic E-state index is 0.724. The van der Waals surface area contributed by atoms with Crippen LogP contribution in [0.25, 0.3) is 0 Å². The van der Waals surface area contributed by atoms with Crippen LogP contribution in [-0.2, 0) is 47.5 Å². The molecule has 0 radical (unpaired) electrons. The minimum Gasteiger partial charge on any atom is -0.394 e. The van der Waals surface area contributed by atoms with Crippen LogP contribution in [0.15, 0.2) is 0 Å². The van der Waals surface area contributed by atoms with Crippen LogP contribution < -0.4 is 10.6 Å². The molecular formula is C34H60N2O25. The second-order valence-corrected chi connectivity index (χ2v) is 15.2. The molecule has 4 aliphatic rings. The number of rotatable bonds is 18. The summed E-state index contributed by atoms with van der Waals surface area (Å²) < 4.78 is 45.7. The highest BCUT2D eigenvalue weighted by Gasteiger charge is 2.56. The van der Waals surface area contributed by atoms with E-state index >= 15 is 0 Å². The zero-order valence-electron chi connectivity index (χ0n) is 33.2. The van der Waals surface area contributed by atoms with Gasteiger partial charge in [-0.15, -0.1) is 0 Å². The van der Waals surface area contributed by atoms with Crippen LogP contribution in [-0.4, -0.2) is 269 Å². The number of aliphatic hydroxyl groups excluding tert-OH is 15. The predicted molar refractivity (Wildman–Crippen MR) is 191 cm³/mol. The Bertz CT molecular complexity index is 1370. The van der Waals surface area contributed by atoms with E-state index < -0.39 is 192 Å². The lowest BCUT2D eigenvalue weighted by Crippen LogP contribution is -2.70. The molecule has 17 N–H and O–H groups in total. The first-order valence-electron chi connectivity index (χ1n) is 19.4. The first-order valence-corrected chi connectivity index (χ1v) is 19.4. The van der Waals surface area contributed by atoms with Gasteiger partial charge in [0.05, 0.1) is 45.2 Å². The third kappa shape index (κ3) is 11.8. The van der Waals surface area contributed by atoms with Crippen molar-refractivity contribution in [1.82, 2.24) is 10.6 Å². The smallest absolute Gasteiger partial charge is 0.217 e. The topological polar surface area (TPSA) is 435 Å². The van der Waals surface area contributed by atoms with Crippen LogP contribution in [0.5, 0.6) is 0 Å². The number of aliphatic hydroxyl groups is 15. The Morgan fingerprint density at radius 1 is 0.557 bits per heavy atom. The van der Waals surface area contributed by atoms with Gasteiger partial charge in [-0.1, -0.05) is 0 Å². The molecule has 0 bridgehead atoms. The lowest BCUT2D eigenvalue weighted by Gasteiger charge is -2.50. The maximum Gasteiger partial charge on any atom is 0.217 e. The van der Waals surface area contributed by atoms with E-state index in [2.05, 4.69) is 10.6 Å². The molecule has 24 atom stereocenters. The quantitative estimate of drug-likeness (QED) is 0.0607. The second kappa shape index (κ2) is 22.8. The highest BCUT2D eigenvalue weighted by molar-refractivity contribution is 5.73. The SMILES string of the molecule is CC(=O)N[C@H]1[C@H](O[C@@H]2[C@H](O)[C@@H](O)[C@H](O[C@@H]([C@@H](O)[C@H](O)CO)[C@H](CO)NC(C)=O)O[C@@H]2CO)O[C@H](CO)[C@@H](O[C@@H]2O[C@H](CO)[C@H](O)[C@H](O)[C@H]2O[C@@H]2O[C@@H](C)[C@@H](O)[C@@H](O)[C@@H]2O)[C@@H]1O. The average molecular weight is 897 g/mol. The van der Waals surface area contributed by atoms with Crippen molar-refractivity contribution in [3.05, 3.63) is 0 Å². The van der Waals surface area contributed by atoms with Crippen LogP contribution in [0.3, 0.4) is 0 Å². The molecule has 0 saturated carbocycles. The summed E-state index contributed by atoms with van der Waals surface area (Å²) in [5, 5.41) is 162. The van der Waals surface area contributed by atoms with E-state index in [0.29, 0.717) is 0 Å². The van der Waals surface area contributed by atoms with Crippen LogP contribution in [0.2, 0.25) is 0 Å². The van der Waals surface area contributed by atoms with E-state index in [0.717, 1.165) is 13.8 Å². The van der Waals surface area contributed by atoms with Gasteiger partial charge in [0.15, 0.2) is 25.2 Å². The second-order valence-electron chi connectivity index (χ2n) is 15.2. The molecule has 0 aromatic carbocycles. The van der Waals surface area contributed by atoms with Gasteiger partial charge in [0.1, 0.15) is 110 Å². The summed E-state index contributed by atoms with van der Waals surface area (Å²) in [4.78, 5) is 24.2. The molecule has 4 fully saturated rings. The van der Waals surface area contributed by atoms with Crippen LogP contribution in [0, 0.1) is 0 Å². The summed E-state index contributed by atoms with van der Waals surface area (Å²) >= 11 is 0. The predicted octanol–water partition coefficient (Wildman–Crippen LogP) is -11.0. The maximum atomic E-state index is 12.4. The van der Waals surface area contributed by atoms with E-state index in [9.17, 15) is 86.2 Å². The molecule has 61 heavy (non-hydrogen) atoms. The molecule has 0 aromatic rings. The van der Waals surface area contributed by atoms with Gasteiger partial charge in [0.25, 0.3) is 0 Å². The molecule has 0 aromatic heterocycles. The van der Waals surface area contributed by atoms with E-state index in [1.54, 1.807) is 0 Å². The first kappa shape index (κ1) is 51.7. The highest BCUT2D eigenvalue weighted by Crippen LogP contribution is 2.35. The summed E-state index contributed by atoms with van der Waals surface area (Å²) in [7, 11) is 0. The fraction of sp³-hybridized carbons (Fsp3) is 0.941. The molecule has 4 saturated heterocycles. The average Bonchev–Trinajstić information content (AvgIpc) is 3.23. The Labute approximate surface area is 347 Å². The fourth-order valence-electron chi connectivity index (χ4n) is 7.36. The van der Waals surface area contributed by atoms with Gasteiger partial charge in [-0.25, -0.2) is 0 Å². The summed E-state index contributed by atoms with van der Waals surface area (Å²) in [6, 6.07) is -3.19. The Morgan fingerprint density at radius 3 is 1.61 bits per heavy atom. The molecule has 356 valence electrons. The summed E-state index contributed by atoms with van der Waals surface area (Å²) in [5.74, 6) is -1.53. The summed E-state index contributed by atoms with van der Waals surface area (Å²) in [6.07, 6.45) is -40.2. The van der Waals surface area contributed by atoms with Crippen molar-refractivity contribution in [2.75, 3.05) is 33.0 Å². The molecular weight excluding hydrogens is 836 g/mol. The number of hydrogen-bond acceptors (Lipinski definition) is 25. The van der Waals surface area contributed by atoms with Gasteiger partial charge in [-0.2, -0.15) is 0 Å². The number of hydrogen-bond donors (Lipinski definition) is 17. The number of amides is 2. The fourth-order valence-corrected chi connectivity index (χ4v) is 7.36. The largest absolute Gasteiger partial charge is 0.394 e. The van der Waals surface area contributed by atoms with Crippen molar-refractivity contribution in [1.29, 1.82) is 0 Å². The molecule has 0 aliphatic carbocycles. The van der Waals surface area contributed by atoms with E-state index in [-0.39, 0.29) is 0 Å². The number of ether oxygens (including phenoxy) is 8. The van der Waals surface area contributed by atoms with Crippen molar-refractivity contribution in [2.24, 2.45) is 0 Å². The molecule has 4 rings (SSSR count). The summed E-state index contributed by atoms with van der Waals surface area (Å²) in [5.41, 5.74) is 0. The van der Waals surface area contributed by atoms with E-state index in [4.69, 9.17) is 37.9 Å². The molecule has 4 aliphatic heterocycles. The molecule has 4 heterocycles. The van der Waals surface area contributed by atoms with Crippen molar-refractivity contribution in [3.63, 3.8) is 0 Å². The zero-order chi connectivity index (χ0) is 45.6. The third-order valence-corrected chi connectivity index (χ3v) is 10.7. The van der Waals surface area contributed by atoms with Crippen LogP contribution in [0.4, 0.5) is 0 Å². The lowest BCUT2D eigenvalue weighted by atomic mass is 9.94. The van der Waals surface area contributed by atoms with Crippen molar-refractivity contribution in [2.45, 2.75) is 168 Å². The van der Waals surface area contributed by atoms with E-state index in [1.807, 2.05) is 0 Å². The first-order chi connectivity index (χ1) is 28.7. The number of carbonyl (C=O) groups excluding carboxylic acids is 2. The highest BCUT2D eigenvalue weighted by atomic mass is 16.8. The Hall–Kier alpha value is -1.98. The van der Waals surface area contributed by atoms with Crippen LogP contribution >= 0.6 is 0 Å². The van der Waals surface area contributed by atoms with E-state index in [1.165, 1.54) is 6.92 Å². The zero-order valence-corrected chi connectivity index (χ0v) is 33.2. The monoisotopic (exact) mass is 896 g/mol.